The van der Waals surface area contributed by atoms with E-state index in [1.165, 1.54) is 0 Å². The third kappa shape index (κ3) is 4.72. The maximum Gasteiger partial charge on any atom is 0.304 e. The highest BCUT2D eigenvalue weighted by atomic mass is 35.5. The third-order valence-electron chi connectivity index (χ3n) is 3.69. The van der Waals surface area contributed by atoms with Gasteiger partial charge in [0.2, 0.25) is 5.91 Å². The number of hydrogen-bond acceptors (Lipinski definition) is 3. The van der Waals surface area contributed by atoms with Crippen LogP contribution < -0.4 is 5.32 Å². The monoisotopic (exact) mass is 310 g/mol. The molecular weight excluding hydrogens is 292 g/mol. The van der Waals surface area contributed by atoms with E-state index in [4.69, 9.17) is 16.7 Å². The second-order valence-electron chi connectivity index (χ2n) is 5.23. The summed E-state index contributed by atoms with van der Waals surface area (Å²) in [5.41, 5.74) is 0.871. The standard InChI is InChI=1S/C15H19ClN2O3/c16-13-6-2-1-4-11(13)9-17-14(19)10-18-7-3-5-12(18)8-15(20)21/h1-2,4,6,12H,3,5,7-10H2,(H,17,19)(H,20,21). The summed E-state index contributed by atoms with van der Waals surface area (Å²) in [6, 6.07) is 7.33. The number of rotatable bonds is 6. The first-order valence-electron chi connectivity index (χ1n) is 7.02. The number of amides is 1. The van der Waals surface area contributed by atoms with Gasteiger partial charge in [0, 0.05) is 17.6 Å². The summed E-state index contributed by atoms with van der Waals surface area (Å²) < 4.78 is 0. The van der Waals surface area contributed by atoms with E-state index in [1.807, 2.05) is 23.1 Å². The SMILES string of the molecule is O=C(O)CC1CCCN1CC(=O)NCc1ccccc1Cl. The molecule has 1 unspecified atom stereocenters. The average molecular weight is 311 g/mol. The smallest absolute Gasteiger partial charge is 0.304 e. The Hall–Kier alpha value is -1.59. The normalized spacial score (nSPS) is 18.6. The zero-order valence-corrected chi connectivity index (χ0v) is 12.5. The Morgan fingerprint density at radius 2 is 2.14 bits per heavy atom. The van der Waals surface area contributed by atoms with Crippen LogP contribution in [0.3, 0.4) is 0 Å². The van der Waals surface area contributed by atoms with Gasteiger partial charge in [0.05, 0.1) is 13.0 Å². The van der Waals surface area contributed by atoms with Crippen molar-refractivity contribution >= 4 is 23.5 Å². The number of aliphatic carboxylic acids is 1. The number of nitrogens with one attached hydrogen (secondary N) is 1. The molecule has 0 spiro atoms. The lowest BCUT2D eigenvalue weighted by Gasteiger charge is -2.22. The van der Waals surface area contributed by atoms with Crippen LogP contribution >= 0.6 is 11.6 Å². The summed E-state index contributed by atoms with van der Waals surface area (Å²) in [5.74, 6) is -0.921. The summed E-state index contributed by atoms with van der Waals surface area (Å²) >= 11 is 6.03. The molecule has 1 aliphatic rings. The van der Waals surface area contributed by atoms with Gasteiger partial charge in [0.25, 0.3) is 0 Å². The van der Waals surface area contributed by atoms with Crippen molar-refractivity contribution in [3.05, 3.63) is 34.9 Å². The van der Waals surface area contributed by atoms with E-state index in [2.05, 4.69) is 5.32 Å². The van der Waals surface area contributed by atoms with Crippen LogP contribution in [0.4, 0.5) is 0 Å². The third-order valence-corrected chi connectivity index (χ3v) is 4.06. The summed E-state index contributed by atoms with van der Waals surface area (Å²) in [6.45, 7) is 1.40. The van der Waals surface area contributed by atoms with Gasteiger partial charge in [-0.3, -0.25) is 14.5 Å². The zero-order chi connectivity index (χ0) is 15.2. The molecule has 2 rings (SSSR count). The van der Waals surface area contributed by atoms with E-state index in [0.29, 0.717) is 11.6 Å². The highest BCUT2D eigenvalue weighted by Gasteiger charge is 2.27. The number of nitrogens with zero attached hydrogens (tertiary/aromatic N) is 1. The molecule has 0 aromatic heterocycles. The molecule has 1 atom stereocenters. The van der Waals surface area contributed by atoms with Gasteiger partial charge in [0.1, 0.15) is 0 Å². The number of benzene rings is 1. The lowest BCUT2D eigenvalue weighted by Crippen LogP contribution is -2.40. The number of hydrogen-bond donors (Lipinski definition) is 2. The van der Waals surface area contributed by atoms with Crippen molar-refractivity contribution in [3.8, 4) is 0 Å². The van der Waals surface area contributed by atoms with Gasteiger partial charge < -0.3 is 10.4 Å². The highest BCUT2D eigenvalue weighted by molar-refractivity contribution is 6.31. The summed E-state index contributed by atoms with van der Waals surface area (Å²) in [4.78, 5) is 24.7. The largest absolute Gasteiger partial charge is 0.481 e. The Bertz CT molecular complexity index is 521. The Kier molecular flexibility index (Phi) is 5.59. The lowest BCUT2D eigenvalue weighted by molar-refractivity contribution is -0.138. The van der Waals surface area contributed by atoms with E-state index in [9.17, 15) is 9.59 Å². The molecule has 1 aromatic carbocycles. The Balaban J connectivity index is 1.81. The molecule has 1 heterocycles. The molecule has 1 saturated heterocycles. The first-order chi connectivity index (χ1) is 10.1. The van der Waals surface area contributed by atoms with Crippen LogP contribution in [-0.4, -0.2) is 41.0 Å². The van der Waals surface area contributed by atoms with Crippen molar-refractivity contribution in [2.75, 3.05) is 13.1 Å². The molecule has 1 amide bonds. The number of carbonyl (C=O) groups excluding carboxylic acids is 1. The molecule has 5 nitrogen and oxygen atoms in total. The number of carboxylic acid groups (broad SMARTS) is 1. The summed E-state index contributed by atoms with van der Waals surface area (Å²) in [7, 11) is 0. The van der Waals surface area contributed by atoms with E-state index in [1.54, 1.807) is 6.07 Å². The number of carbonyl (C=O) groups is 2. The molecule has 6 heteroatoms. The summed E-state index contributed by atoms with van der Waals surface area (Å²) in [6.07, 6.45) is 1.87. The Labute approximate surface area is 128 Å². The van der Waals surface area contributed by atoms with Gasteiger partial charge in [-0.1, -0.05) is 29.8 Å². The van der Waals surface area contributed by atoms with Gasteiger partial charge >= 0.3 is 5.97 Å². The second kappa shape index (κ2) is 7.43. The molecule has 0 radical (unpaired) electrons. The molecule has 114 valence electrons. The fourth-order valence-electron chi connectivity index (χ4n) is 2.61. The van der Waals surface area contributed by atoms with Crippen LogP contribution in [0.25, 0.3) is 0 Å². The van der Waals surface area contributed by atoms with Gasteiger partial charge in [0.15, 0.2) is 0 Å². The molecule has 2 N–H and O–H groups in total. The minimum absolute atomic E-state index is 0.0337. The van der Waals surface area contributed by atoms with E-state index in [0.717, 1.165) is 24.9 Å². The number of likely N-dealkylation sites (tertiary alicyclic amines) is 1. The molecular formula is C15H19ClN2O3. The van der Waals surface area contributed by atoms with Crippen LogP contribution in [-0.2, 0) is 16.1 Å². The molecule has 1 aromatic rings. The average Bonchev–Trinajstić information content (AvgIpc) is 2.84. The van der Waals surface area contributed by atoms with E-state index >= 15 is 0 Å². The summed E-state index contributed by atoms with van der Waals surface area (Å²) in [5, 5.41) is 12.3. The first-order valence-corrected chi connectivity index (χ1v) is 7.40. The predicted molar refractivity (Wildman–Crippen MR) is 80.1 cm³/mol. The topological polar surface area (TPSA) is 69.6 Å². The van der Waals surface area contributed by atoms with Crippen LogP contribution in [0.2, 0.25) is 5.02 Å². The van der Waals surface area contributed by atoms with Crippen LogP contribution in [0.15, 0.2) is 24.3 Å². The maximum atomic E-state index is 12.0. The molecule has 21 heavy (non-hydrogen) atoms. The molecule has 1 fully saturated rings. The van der Waals surface area contributed by atoms with Crippen molar-refractivity contribution in [2.24, 2.45) is 0 Å². The minimum Gasteiger partial charge on any atom is -0.481 e. The van der Waals surface area contributed by atoms with Crippen molar-refractivity contribution < 1.29 is 14.7 Å². The molecule has 0 saturated carbocycles. The number of halogens is 1. The molecule has 0 aliphatic carbocycles. The second-order valence-corrected chi connectivity index (χ2v) is 5.64. The Morgan fingerprint density at radius 3 is 2.86 bits per heavy atom. The number of carboxylic acids is 1. The van der Waals surface area contributed by atoms with Gasteiger partial charge in [-0.25, -0.2) is 0 Å². The predicted octanol–water partition coefficient (Wildman–Crippen LogP) is 1.90. The maximum absolute atomic E-state index is 12.0. The first kappa shape index (κ1) is 15.8. The minimum atomic E-state index is -0.816. The van der Waals surface area contributed by atoms with Gasteiger partial charge in [-0.05, 0) is 31.0 Å². The lowest BCUT2D eigenvalue weighted by atomic mass is 10.1. The van der Waals surface area contributed by atoms with Crippen LogP contribution in [0.1, 0.15) is 24.8 Å². The zero-order valence-electron chi connectivity index (χ0n) is 11.7. The van der Waals surface area contributed by atoms with Crippen LogP contribution in [0, 0.1) is 0 Å². The fraction of sp³-hybridized carbons (Fsp3) is 0.467. The van der Waals surface area contributed by atoms with E-state index in [-0.39, 0.29) is 24.9 Å². The molecule has 1 aliphatic heterocycles. The van der Waals surface area contributed by atoms with Crippen LogP contribution in [0.5, 0.6) is 0 Å². The highest BCUT2D eigenvalue weighted by Crippen LogP contribution is 2.19. The quantitative estimate of drug-likeness (QED) is 0.842. The Morgan fingerprint density at radius 1 is 1.38 bits per heavy atom. The van der Waals surface area contributed by atoms with Gasteiger partial charge in [-0.15, -0.1) is 0 Å². The fourth-order valence-corrected chi connectivity index (χ4v) is 2.81. The van der Waals surface area contributed by atoms with Crippen molar-refractivity contribution in [1.82, 2.24) is 10.2 Å². The van der Waals surface area contributed by atoms with Crippen molar-refractivity contribution in [2.45, 2.75) is 31.8 Å². The van der Waals surface area contributed by atoms with Crippen molar-refractivity contribution in [3.63, 3.8) is 0 Å². The molecule has 0 bridgehead atoms. The van der Waals surface area contributed by atoms with Gasteiger partial charge in [-0.2, -0.15) is 0 Å². The van der Waals surface area contributed by atoms with Crippen molar-refractivity contribution in [1.29, 1.82) is 0 Å². The van der Waals surface area contributed by atoms with E-state index < -0.39 is 5.97 Å².